The summed E-state index contributed by atoms with van der Waals surface area (Å²) in [4.78, 5) is 2.45. The topological polar surface area (TPSA) is 24.5 Å². The second-order valence-electron chi connectivity index (χ2n) is 6.37. The molecule has 1 rings (SSSR count). The second kappa shape index (κ2) is 8.23. The Labute approximate surface area is 120 Å². The van der Waals surface area contributed by atoms with Crippen molar-refractivity contribution in [2.24, 2.45) is 5.92 Å². The van der Waals surface area contributed by atoms with Gasteiger partial charge in [-0.2, -0.15) is 0 Å². The number of hydrogen-bond acceptors (Lipinski definition) is 3. The van der Waals surface area contributed by atoms with Crippen LogP contribution in [0, 0.1) is 5.92 Å². The smallest absolute Gasteiger partial charge is 0.0637 e. The van der Waals surface area contributed by atoms with Crippen LogP contribution >= 0.6 is 0 Å². The molecule has 3 nitrogen and oxygen atoms in total. The normalized spacial score (nSPS) is 29.7. The van der Waals surface area contributed by atoms with Gasteiger partial charge in [0, 0.05) is 18.2 Å². The molecule has 0 aromatic rings. The highest BCUT2D eigenvalue weighted by molar-refractivity contribution is 5.01. The van der Waals surface area contributed by atoms with Gasteiger partial charge >= 0.3 is 0 Å². The van der Waals surface area contributed by atoms with Gasteiger partial charge in [0.2, 0.25) is 0 Å². The van der Waals surface area contributed by atoms with E-state index in [4.69, 9.17) is 4.74 Å². The lowest BCUT2D eigenvalue weighted by molar-refractivity contribution is 0.000440. The van der Waals surface area contributed by atoms with E-state index >= 15 is 0 Å². The number of hydrogen-bond donors (Lipinski definition) is 1. The van der Waals surface area contributed by atoms with E-state index in [9.17, 15) is 0 Å². The van der Waals surface area contributed by atoms with E-state index in [-0.39, 0.29) is 5.54 Å². The molecule has 1 fully saturated rings. The molecule has 19 heavy (non-hydrogen) atoms. The van der Waals surface area contributed by atoms with E-state index in [1.807, 2.05) is 0 Å². The molecule has 0 amide bonds. The second-order valence-corrected chi connectivity index (χ2v) is 6.37. The van der Waals surface area contributed by atoms with Gasteiger partial charge in [-0.3, -0.25) is 0 Å². The number of nitrogens with one attached hydrogen (secondary N) is 1. The predicted octanol–water partition coefficient (Wildman–Crippen LogP) is 2.90. The maximum atomic E-state index is 5.86. The Hall–Kier alpha value is -0.120. The van der Waals surface area contributed by atoms with Crippen LogP contribution in [-0.2, 0) is 4.74 Å². The largest absolute Gasteiger partial charge is 0.380 e. The van der Waals surface area contributed by atoms with Crippen molar-refractivity contribution < 1.29 is 4.74 Å². The number of likely N-dealkylation sites (N-methyl/N-ethyl adjacent to an activating group) is 2. The van der Waals surface area contributed by atoms with Crippen LogP contribution in [0.2, 0.25) is 0 Å². The highest BCUT2D eigenvalue weighted by Gasteiger charge is 2.42. The van der Waals surface area contributed by atoms with Gasteiger partial charge < -0.3 is 15.0 Å². The summed E-state index contributed by atoms with van der Waals surface area (Å²) < 4.78 is 5.86. The Balaban J connectivity index is 2.73. The van der Waals surface area contributed by atoms with Crippen LogP contribution in [0.25, 0.3) is 0 Å². The van der Waals surface area contributed by atoms with Crippen molar-refractivity contribution in [2.75, 3.05) is 33.9 Å². The van der Waals surface area contributed by atoms with Gasteiger partial charge in [-0.15, -0.1) is 0 Å². The molecule has 0 aromatic heterocycles. The lowest BCUT2D eigenvalue weighted by Gasteiger charge is -2.49. The zero-order valence-electron chi connectivity index (χ0n) is 13.7. The summed E-state index contributed by atoms with van der Waals surface area (Å²) >= 11 is 0. The third-order valence-corrected chi connectivity index (χ3v) is 4.76. The van der Waals surface area contributed by atoms with Gasteiger partial charge in [-0.1, -0.05) is 20.8 Å². The minimum atomic E-state index is 0.274. The average Bonchev–Trinajstić information content (AvgIpc) is 2.39. The van der Waals surface area contributed by atoms with Crippen molar-refractivity contribution in [1.82, 2.24) is 10.2 Å². The van der Waals surface area contributed by atoms with Crippen LogP contribution < -0.4 is 5.32 Å². The number of nitrogens with zero attached hydrogens (tertiary/aromatic N) is 1. The fourth-order valence-electron chi connectivity index (χ4n) is 3.37. The summed E-state index contributed by atoms with van der Waals surface area (Å²) in [6.07, 6.45) is 6.36. The molecule has 1 unspecified atom stereocenters. The Morgan fingerprint density at radius 2 is 1.89 bits per heavy atom. The van der Waals surface area contributed by atoms with Crippen molar-refractivity contribution in [3.05, 3.63) is 0 Å². The molecule has 1 saturated carbocycles. The molecule has 1 aliphatic rings. The van der Waals surface area contributed by atoms with Gasteiger partial charge in [-0.25, -0.2) is 0 Å². The number of rotatable bonds is 8. The predicted molar refractivity (Wildman–Crippen MR) is 82.6 cm³/mol. The van der Waals surface area contributed by atoms with Gasteiger partial charge in [0.25, 0.3) is 0 Å². The van der Waals surface area contributed by atoms with E-state index in [0.29, 0.717) is 6.04 Å². The van der Waals surface area contributed by atoms with Crippen LogP contribution in [0.1, 0.15) is 52.9 Å². The highest BCUT2D eigenvalue weighted by atomic mass is 16.5. The van der Waals surface area contributed by atoms with E-state index in [2.05, 4.69) is 45.1 Å². The Bertz CT molecular complexity index is 235. The van der Waals surface area contributed by atoms with Crippen LogP contribution in [0.15, 0.2) is 0 Å². The van der Waals surface area contributed by atoms with Crippen LogP contribution in [0.4, 0.5) is 0 Å². The van der Waals surface area contributed by atoms with E-state index in [1.165, 1.54) is 25.7 Å². The van der Waals surface area contributed by atoms with Crippen LogP contribution in [-0.4, -0.2) is 50.3 Å². The monoisotopic (exact) mass is 270 g/mol. The van der Waals surface area contributed by atoms with Crippen molar-refractivity contribution >= 4 is 0 Å². The van der Waals surface area contributed by atoms with E-state index in [0.717, 1.165) is 32.1 Å². The van der Waals surface area contributed by atoms with Gasteiger partial charge in [-0.05, 0) is 58.7 Å². The van der Waals surface area contributed by atoms with Crippen LogP contribution in [0.3, 0.4) is 0 Å². The summed E-state index contributed by atoms with van der Waals surface area (Å²) in [7, 11) is 4.47. The average molecular weight is 270 g/mol. The summed E-state index contributed by atoms with van der Waals surface area (Å²) in [5.74, 6) is 0.881. The first-order chi connectivity index (χ1) is 9.06. The van der Waals surface area contributed by atoms with Crippen molar-refractivity contribution in [2.45, 2.75) is 64.5 Å². The fourth-order valence-corrected chi connectivity index (χ4v) is 3.37. The molecule has 0 saturated heterocycles. The molecule has 0 radical (unpaired) electrons. The Morgan fingerprint density at radius 1 is 1.26 bits per heavy atom. The minimum Gasteiger partial charge on any atom is -0.380 e. The third-order valence-electron chi connectivity index (χ3n) is 4.76. The quantitative estimate of drug-likeness (QED) is 0.686. The summed E-state index contributed by atoms with van der Waals surface area (Å²) in [6.45, 7) is 9.49. The first-order valence-electron chi connectivity index (χ1n) is 8.05. The maximum absolute atomic E-state index is 5.86. The molecule has 1 N–H and O–H groups in total. The van der Waals surface area contributed by atoms with Crippen molar-refractivity contribution in [3.8, 4) is 0 Å². The molecule has 0 aromatic carbocycles. The zero-order chi connectivity index (χ0) is 14.3. The lowest BCUT2D eigenvalue weighted by Crippen LogP contribution is -2.62. The molecular weight excluding hydrogens is 236 g/mol. The van der Waals surface area contributed by atoms with Crippen LogP contribution in [0.5, 0.6) is 0 Å². The molecule has 0 bridgehead atoms. The lowest BCUT2D eigenvalue weighted by atomic mass is 9.72. The SMILES string of the molecule is CCCOCC(NCC)C1(N(C)C)CCC(C)CC1. The maximum Gasteiger partial charge on any atom is 0.0637 e. The Kier molecular flexibility index (Phi) is 7.33. The first-order valence-corrected chi connectivity index (χ1v) is 8.05. The van der Waals surface area contributed by atoms with Crippen molar-refractivity contribution in [1.29, 1.82) is 0 Å². The standard InChI is InChI=1S/C16H34N2O/c1-6-12-19-13-15(17-7-2)16(18(4)5)10-8-14(3)9-11-16/h14-15,17H,6-13H2,1-5H3. The third kappa shape index (κ3) is 4.44. The molecule has 3 heteroatoms. The minimum absolute atomic E-state index is 0.274. The molecule has 1 aliphatic carbocycles. The first kappa shape index (κ1) is 16.9. The van der Waals surface area contributed by atoms with Gasteiger partial charge in [0.1, 0.15) is 0 Å². The van der Waals surface area contributed by atoms with Gasteiger partial charge in [0.05, 0.1) is 6.61 Å². The summed E-state index contributed by atoms with van der Waals surface area (Å²) in [6, 6.07) is 0.451. The molecule has 0 spiro atoms. The van der Waals surface area contributed by atoms with Gasteiger partial charge in [0.15, 0.2) is 0 Å². The van der Waals surface area contributed by atoms with E-state index < -0.39 is 0 Å². The highest BCUT2D eigenvalue weighted by Crippen LogP contribution is 2.37. The summed E-state index contributed by atoms with van der Waals surface area (Å²) in [5, 5.41) is 3.68. The van der Waals surface area contributed by atoms with E-state index in [1.54, 1.807) is 0 Å². The number of ether oxygens (including phenoxy) is 1. The van der Waals surface area contributed by atoms with Crippen molar-refractivity contribution in [3.63, 3.8) is 0 Å². The summed E-state index contributed by atoms with van der Waals surface area (Å²) in [5.41, 5.74) is 0.274. The molecule has 0 heterocycles. The molecule has 0 aliphatic heterocycles. The molecule has 114 valence electrons. The fraction of sp³-hybridized carbons (Fsp3) is 1.00. The zero-order valence-corrected chi connectivity index (χ0v) is 13.7. The Morgan fingerprint density at radius 3 is 2.37 bits per heavy atom. The molecular formula is C16H34N2O. The molecule has 1 atom stereocenters.